The van der Waals surface area contributed by atoms with Crippen molar-refractivity contribution >= 4 is 10.0 Å². The molecule has 0 fully saturated rings. The molecule has 0 spiro atoms. The summed E-state index contributed by atoms with van der Waals surface area (Å²) in [5, 5.41) is 3.18. The SMILES string of the molecule is C=CCN(CC)S(=O)(=O)CCCCNCC. The van der Waals surface area contributed by atoms with E-state index in [1.807, 2.05) is 13.8 Å². The zero-order chi connectivity index (χ0) is 12.4. The molecule has 4 nitrogen and oxygen atoms in total. The van der Waals surface area contributed by atoms with Gasteiger partial charge in [0.05, 0.1) is 5.75 Å². The molecule has 0 aromatic carbocycles. The number of nitrogens with zero attached hydrogens (tertiary/aromatic N) is 1. The molecule has 0 saturated carbocycles. The molecule has 0 amide bonds. The third-order valence-electron chi connectivity index (χ3n) is 2.33. The number of sulfonamides is 1. The minimum absolute atomic E-state index is 0.236. The highest BCUT2D eigenvalue weighted by Gasteiger charge is 2.17. The third-order valence-corrected chi connectivity index (χ3v) is 4.33. The fraction of sp³-hybridized carbons (Fsp3) is 0.818. The van der Waals surface area contributed by atoms with Gasteiger partial charge in [0.25, 0.3) is 0 Å². The predicted octanol–water partition coefficient (Wildman–Crippen LogP) is 1.21. The highest BCUT2D eigenvalue weighted by atomic mass is 32.2. The lowest BCUT2D eigenvalue weighted by molar-refractivity contribution is 0.457. The van der Waals surface area contributed by atoms with Crippen LogP contribution in [0.1, 0.15) is 26.7 Å². The van der Waals surface area contributed by atoms with Crippen LogP contribution in [0, 0.1) is 0 Å². The van der Waals surface area contributed by atoms with Gasteiger partial charge in [-0.05, 0) is 25.9 Å². The van der Waals surface area contributed by atoms with Crippen molar-refractivity contribution in [1.82, 2.24) is 9.62 Å². The second-order valence-electron chi connectivity index (χ2n) is 3.62. The van der Waals surface area contributed by atoms with Crippen molar-refractivity contribution in [3.05, 3.63) is 12.7 Å². The van der Waals surface area contributed by atoms with Crippen molar-refractivity contribution < 1.29 is 8.42 Å². The van der Waals surface area contributed by atoms with Gasteiger partial charge in [-0.25, -0.2) is 8.42 Å². The van der Waals surface area contributed by atoms with Gasteiger partial charge in [-0.2, -0.15) is 4.31 Å². The Hall–Kier alpha value is -0.390. The minimum Gasteiger partial charge on any atom is -0.317 e. The maximum absolute atomic E-state index is 11.8. The molecule has 0 bridgehead atoms. The highest BCUT2D eigenvalue weighted by molar-refractivity contribution is 7.89. The maximum Gasteiger partial charge on any atom is 0.214 e. The molecule has 0 aliphatic carbocycles. The van der Waals surface area contributed by atoms with E-state index in [9.17, 15) is 8.42 Å². The largest absolute Gasteiger partial charge is 0.317 e. The highest BCUT2D eigenvalue weighted by Crippen LogP contribution is 2.04. The van der Waals surface area contributed by atoms with Crippen LogP contribution in [0.25, 0.3) is 0 Å². The van der Waals surface area contributed by atoms with E-state index in [1.165, 1.54) is 4.31 Å². The van der Waals surface area contributed by atoms with Crippen LogP contribution < -0.4 is 5.32 Å². The molecule has 0 heterocycles. The number of hydrogen-bond donors (Lipinski definition) is 1. The Balaban J connectivity index is 3.97. The first-order valence-corrected chi connectivity index (χ1v) is 7.48. The topological polar surface area (TPSA) is 49.4 Å². The second-order valence-corrected chi connectivity index (χ2v) is 5.70. The quantitative estimate of drug-likeness (QED) is 0.467. The molecule has 96 valence electrons. The van der Waals surface area contributed by atoms with Gasteiger partial charge >= 0.3 is 0 Å². The van der Waals surface area contributed by atoms with Gasteiger partial charge in [0.15, 0.2) is 0 Å². The molecule has 0 aromatic rings. The lowest BCUT2D eigenvalue weighted by Crippen LogP contribution is -2.33. The molecule has 0 rings (SSSR count). The summed E-state index contributed by atoms with van der Waals surface area (Å²) in [4.78, 5) is 0. The first-order chi connectivity index (χ1) is 7.58. The Morgan fingerprint density at radius 1 is 1.31 bits per heavy atom. The smallest absolute Gasteiger partial charge is 0.214 e. The predicted molar refractivity (Wildman–Crippen MR) is 69.0 cm³/mol. The van der Waals surface area contributed by atoms with Crippen molar-refractivity contribution in [2.75, 3.05) is 31.9 Å². The summed E-state index contributed by atoms with van der Waals surface area (Å²) in [6, 6.07) is 0. The standard InChI is InChI=1S/C11H24N2O2S/c1-4-10-13(6-3)16(14,15)11-8-7-9-12-5-2/h4,12H,1,5-11H2,2-3H3. The molecule has 1 N–H and O–H groups in total. The number of rotatable bonds is 10. The Bertz CT molecular complexity index is 276. The molecule has 5 heteroatoms. The molecular formula is C11H24N2O2S. The lowest BCUT2D eigenvalue weighted by atomic mass is 10.3. The van der Waals surface area contributed by atoms with Crippen molar-refractivity contribution in [1.29, 1.82) is 0 Å². The van der Waals surface area contributed by atoms with E-state index in [4.69, 9.17) is 0 Å². The molecule has 0 aliphatic rings. The molecular weight excluding hydrogens is 224 g/mol. The van der Waals surface area contributed by atoms with Crippen LogP contribution >= 0.6 is 0 Å². The van der Waals surface area contributed by atoms with E-state index >= 15 is 0 Å². The molecule has 0 unspecified atom stereocenters. The molecule has 16 heavy (non-hydrogen) atoms. The van der Waals surface area contributed by atoms with Gasteiger partial charge in [-0.3, -0.25) is 0 Å². The summed E-state index contributed by atoms with van der Waals surface area (Å²) in [5.41, 5.74) is 0. The average molecular weight is 248 g/mol. The first-order valence-electron chi connectivity index (χ1n) is 5.87. The summed E-state index contributed by atoms with van der Waals surface area (Å²) in [5.74, 6) is 0.236. The van der Waals surface area contributed by atoms with Crippen molar-refractivity contribution in [3.8, 4) is 0 Å². The maximum atomic E-state index is 11.8. The zero-order valence-corrected chi connectivity index (χ0v) is 11.2. The molecule has 0 aliphatic heterocycles. The fourth-order valence-corrected chi connectivity index (χ4v) is 2.98. The van der Waals surface area contributed by atoms with Crippen molar-refractivity contribution in [2.45, 2.75) is 26.7 Å². The normalized spacial score (nSPS) is 11.9. The van der Waals surface area contributed by atoms with E-state index in [1.54, 1.807) is 6.08 Å². The number of hydrogen-bond acceptors (Lipinski definition) is 3. The Labute approximate surface area is 99.8 Å². The Morgan fingerprint density at radius 3 is 2.50 bits per heavy atom. The summed E-state index contributed by atoms with van der Waals surface area (Å²) < 4.78 is 25.1. The van der Waals surface area contributed by atoms with Crippen LogP contribution in [-0.2, 0) is 10.0 Å². The summed E-state index contributed by atoms with van der Waals surface area (Å²) in [7, 11) is -3.09. The molecule has 0 saturated heterocycles. The second kappa shape index (κ2) is 8.73. The monoisotopic (exact) mass is 248 g/mol. The van der Waals surface area contributed by atoms with Gasteiger partial charge in [0.1, 0.15) is 0 Å². The van der Waals surface area contributed by atoms with Crippen LogP contribution in [0.2, 0.25) is 0 Å². The van der Waals surface area contributed by atoms with Crippen LogP contribution in [-0.4, -0.2) is 44.7 Å². The number of nitrogens with one attached hydrogen (secondary N) is 1. The molecule has 0 radical (unpaired) electrons. The van der Waals surface area contributed by atoms with E-state index in [2.05, 4.69) is 11.9 Å². The average Bonchev–Trinajstić information content (AvgIpc) is 2.25. The first kappa shape index (κ1) is 15.6. The summed E-state index contributed by atoms with van der Waals surface area (Å²) >= 11 is 0. The van der Waals surface area contributed by atoms with Gasteiger partial charge in [-0.1, -0.05) is 19.9 Å². The van der Waals surface area contributed by atoms with Gasteiger partial charge in [0, 0.05) is 13.1 Å². The Morgan fingerprint density at radius 2 is 2.00 bits per heavy atom. The van der Waals surface area contributed by atoms with E-state index in [0.29, 0.717) is 19.5 Å². The number of likely N-dealkylation sites (N-methyl/N-ethyl adjacent to an activating group) is 1. The van der Waals surface area contributed by atoms with Crippen molar-refractivity contribution in [3.63, 3.8) is 0 Å². The third kappa shape index (κ3) is 6.25. The van der Waals surface area contributed by atoms with Gasteiger partial charge < -0.3 is 5.32 Å². The van der Waals surface area contributed by atoms with E-state index in [0.717, 1.165) is 19.5 Å². The fourth-order valence-electron chi connectivity index (χ4n) is 1.42. The van der Waals surface area contributed by atoms with E-state index in [-0.39, 0.29) is 5.75 Å². The van der Waals surface area contributed by atoms with Gasteiger partial charge in [-0.15, -0.1) is 6.58 Å². The van der Waals surface area contributed by atoms with Crippen LogP contribution in [0.5, 0.6) is 0 Å². The zero-order valence-electron chi connectivity index (χ0n) is 10.4. The van der Waals surface area contributed by atoms with Crippen LogP contribution in [0.3, 0.4) is 0 Å². The molecule has 0 aromatic heterocycles. The number of unbranched alkanes of at least 4 members (excludes halogenated alkanes) is 1. The minimum atomic E-state index is -3.09. The van der Waals surface area contributed by atoms with Crippen LogP contribution in [0.4, 0.5) is 0 Å². The summed E-state index contributed by atoms with van der Waals surface area (Å²) in [6.45, 7) is 10.2. The van der Waals surface area contributed by atoms with Gasteiger partial charge in [0.2, 0.25) is 10.0 Å². The van der Waals surface area contributed by atoms with E-state index < -0.39 is 10.0 Å². The van der Waals surface area contributed by atoms with Crippen LogP contribution in [0.15, 0.2) is 12.7 Å². The van der Waals surface area contributed by atoms with Crippen molar-refractivity contribution in [2.24, 2.45) is 0 Å². The lowest BCUT2D eigenvalue weighted by Gasteiger charge is -2.18. The summed E-state index contributed by atoms with van der Waals surface area (Å²) in [6.07, 6.45) is 3.24. The Kier molecular flexibility index (Phi) is 8.51. The molecule has 0 atom stereocenters.